The van der Waals surface area contributed by atoms with Gasteiger partial charge in [0.05, 0.1) is 43.0 Å². The Morgan fingerprint density at radius 1 is 1.06 bits per heavy atom. The summed E-state index contributed by atoms with van der Waals surface area (Å²) in [6.45, 7) is 3.30. The van der Waals surface area contributed by atoms with Crippen molar-refractivity contribution in [3.8, 4) is 17.2 Å². The number of carbonyl (C=O) groups is 3. The van der Waals surface area contributed by atoms with Gasteiger partial charge in [-0.15, -0.1) is 0 Å². The lowest BCUT2D eigenvalue weighted by Crippen LogP contribution is -2.53. The van der Waals surface area contributed by atoms with Crippen LogP contribution in [0.1, 0.15) is 87.4 Å². The first-order chi connectivity index (χ1) is 25.9. The summed E-state index contributed by atoms with van der Waals surface area (Å²) in [6, 6.07) is 5.74. The van der Waals surface area contributed by atoms with Gasteiger partial charge in [-0.05, 0) is 81.0 Å². The summed E-state index contributed by atoms with van der Waals surface area (Å²) in [5.74, 6) is 5.11. The summed E-state index contributed by atoms with van der Waals surface area (Å²) in [7, 11) is 3.10. The molecule has 3 atom stereocenters. The fraction of sp³-hybridized carbons (Fsp3) is 0.575. The molecule has 292 valence electrons. The van der Waals surface area contributed by atoms with E-state index in [9.17, 15) is 9.59 Å². The molecular weight excluding hydrogens is 717 g/mol. The standard InChI is InChI=1S/C40H51ClFN5O7/c1-39(38(50)54-21-24-9-10-25(51-2)17-33(24)52-3)12-5-4-7-27(39)37(49)46-16-11-26-28(41)18-29(42)36(53-22-30(43)31-8-6-15-47(31)44)35(26)32(46)20-45-23-40(13-14-40)19-34(45)48/h9-10,17-18,27,32H,4-8,11-16,19-23,43-44H2,1-3H3/b31-30-/t27?,32?,39-/m0/s1. The van der Waals surface area contributed by atoms with Crippen LogP contribution in [0.3, 0.4) is 0 Å². The van der Waals surface area contributed by atoms with Crippen molar-refractivity contribution < 1.29 is 37.7 Å². The molecule has 2 unspecified atom stereocenters. The molecule has 0 aromatic heterocycles. The maximum Gasteiger partial charge on any atom is 0.312 e. The molecule has 14 heteroatoms. The highest BCUT2D eigenvalue weighted by molar-refractivity contribution is 6.31. The Hall–Kier alpha value is -4.23. The van der Waals surface area contributed by atoms with Crippen molar-refractivity contribution in [3.05, 3.63) is 63.2 Å². The number of fused-ring (bicyclic) bond motifs is 1. The number of ether oxygens (including phenoxy) is 4. The smallest absolute Gasteiger partial charge is 0.312 e. The first kappa shape index (κ1) is 38.1. The number of likely N-dealkylation sites (tertiary alicyclic amines) is 1. The largest absolute Gasteiger partial charge is 0.497 e. The van der Waals surface area contributed by atoms with E-state index in [1.807, 2.05) is 0 Å². The molecule has 3 heterocycles. The van der Waals surface area contributed by atoms with Crippen molar-refractivity contribution in [3.63, 3.8) is 0 Å². The van der Waals surface area contributed by atoms with Crippen molar-refractivity contribution >= 4 is 29.4 Å². The van der Waals surface area contributed by atoms with E-state index in [0.29, 0.717) is 79.1 Å². The van der Waals surface area contributed by atoms with Gasteiger partial charge in [-0.25, -0.2) is 10.2 Å². The van der Waals surface area contributed by atoms with Crippen molar-refractivity contribution in [2.75, 3.05) is 47.0 Å². The van der Waals surface area contributed by atoms with Crippen LogP contribution in [0, 0.1) is 22.6 Å². The Balaban J connectivity index is 1.20. The van der Waals surface area contributed by atoms with Crippen molar-refractivity contribution in [2.45, 2.75) is 83.8 Å². The maximum absolute atomic E-state index is 16.1. The highest BCUT2D eigenvalue weighted by atomic mass is 35.5. The minimum absolute atomic E-state index is 0.00952. The molecule has 4 N–H and O–H groups in total. The van der Waals surface area contributed by atoms with Crippen LogP contribution < -0.4 is 25.8 Å². The second kappa shape index (κ2) is 15.1. The number of rotatable bonds is 11. The van der Waals surface area contributed by atoms with Gasteiger partial charge in [0.2, 0.25) is 11.8 Å². The lowest BCUT2D eigenvalue weighted by molar-refractivity contribution is -0.169. The number of methoxy groups -OCH3 is 2. The summed E-state index contributed by atoms with van der Waals surface area (Å²) in [4.78, 5) is 46.1. The summed E-state index contributed by atoms with van der Waals surface area (Å²) in [5, 5.41) is 1.82. The minimum atomic E-state index is -1.13. The highest BCUT2D eigenvalue weighted by Crippen LogP contribution is 2.54. The van der Waals surface area contributed by atoms with E-state index < -0.39 is 29.2 Å². The van der Waals surface area contributed by atoms with Crippen LogP contribution >= 0.6 is 11.6 Å². The van der Waals surface area contributed by atoms with Gasteiger partial charge in [-0.2, -0.15) is 0 Å². The quantitative estimate of drug-likeness (QED) is 0.225. The van der Waals surface area contributed by atoms with Gasteiger partial charge in [0.1, 0.15) is 24.7 Å². The predicted octanol–water partition coefficient (Wildman–Crippen LogP) is 5.39. The summed E-state index contributed by atoms with van der Waals surface area (Å²) >= 11 is 6.74. The number of halogens is 2. The molecule has 12 nitrogen and oxygen atoms in total. The number of hydrazine groups is 1. The van der Waals surface area contributed by atoms with Crippen LogP contribution in [0.5, 0.6) is 17.2 Å². The number of benzene rings is 2. The zero-order valence-corrected chi connectivity index (χ0v) is 32.1. The number of carbonyl (C=O) groups excluding carboxylic acids is 3. The first-order valence-corrected chi connectivity index (χ1v) is 19.4. The average molecular weight is 768 g/mol. The molecule has 2 saturated carbocycles. The second-order valence-electron chi connectivity index (χ2n) is 15.8. The molecule has 2 amide bonds. The topological polar surface area (TPSA) is 150 Å². The number of allylic oxidation sites excluding steroid dienone is 1. The molecule has 0 radical (unpaired) electrons. The fourth-order valence-electron chi connectivity index (χ4n) is 9.00. The Morgan fingerprint density at radius 3 is 2.54 bits per heavy atom. The van der Waals surface area contributed by atoms with Crippen molar-refractivity contribution in [2.24, 2.45) is 28.3 Å². The number of nitrogens with two attached hydrogens (primary N) is 2. The zero-order chi connectivity index (χ0) is 38.4. The number of nitrogens with zero attached hydrogens (tertiary/aromatic N) is 3. The zero-order valence-electron chi connectivity index (χ0n) is 31.4. The number of amides is 2. The van der Waals surface area contributed by atoms with E-state index in [1.165, 1.54) is 13.2 Å². The fourth-order valence-corrected chi connectivity index (χ4v) is 9.30. The van der Waals surface area contributed by atoms with Crippen LogP contribution in [0.15, 0.2) is 35.7 Å². The van der Waals surface area contributed by atoms with Crippen LogP contribution in [0.25, 0.3) is 0 Å². The average Bonchev–Trinajstić information content (AvgIpc) is 3.65. The Bertz CT molecular complexity index is 1850. The third-order valence-electron chi connectivity index (χ3n) is 12.4. The number of hydrogen-bond acceptors (Lipinski definition) is 10. The molecule has 0 bridgehead atoms. The van der Waals surface area contributed by atoms with Gasteiger partial charge in [0.25, 0.3) is 0 Å². The Kier molecular flexibility index (Phi) is 10.7. The minimum Gasteiger partial charge on any atom is -0.497 e. The van der Waals surface area contributed by atoms with Gasteiger partial charge in [0, 0.05) is 54.8 Å². The third-order valence-corrected chi connectivity index (χ3v) is 12.7. The lowest BCUT2D eigenvalue weighted by atomic mass is 9.66. The Labute approximate surface area is 320 Å². The molecule has 4 fully saturated rings. The molecule has 54 heavy (non-hydrogen) atoms. The molecule has 1 spiro atoms. The molecule has 2 aromatic rings. The van der Waals surface area contributed by atoms with Crippen LogP contribution in [0.4, 0.5) is 4.39 Å². The van der Waals surface area contributed by atoms with E-state index in [-0.39, 0.29) is 54.3 Å². The van der Waals surface area contributed by atoms with Gasteiger partial charge in [0.15, 0.2) is 11.6 Å². The van der Waals surface area contributed by atoms with Crippen LogP contribution in [0.2, 0.25) is 5.02 Å². The second-order valence-corrected chi connectivity index (χ2v) is 16.2. The van der Waals surface area contributed by atoms with E-state index >= 15 is 9.18 Å². The molecule has 2 saturated heterocycles. The van der Waals surface area contributed by atoms with Gasteiger partial charge in [-0.1, -0.05) is 24.4 Å². The molecule has 2 aromatic carbocycles. The summed E-state index contributed by atoms with van der Waals surface area (Å²) < 4.78 is 39.1. The molecule has 7 rings (SSSR count). The highest BCUT2D eigenvalue weighted by Gasteiger charge is 2.54. The van der Waals surface area contributed by atoms with Gasteiger partial charge in [-0.3, -0.25) is 14.4 Å². The summed E-state index contributed by atoms with van der Waals surface area (Å²) in [6.07, 6.45) is 6.74. The monoisotopic (exact) mass is 767 g/mol. The molecule has 3 aliphatic heterocycles. The van der Waals surface area contributed by atoms with Crippen molar-refractivity contribution in [1.29, 1.82) is 0 Å². The number of hydrogen-bond donors (Lipinski definition) is 2. The van der Waals surface area contributed by atoms with Crippen molar-refractivity contribution in [1.82, 2.24) is 14.8 Å². The van der Waals surface area contributed by atoms with Crippen LogP contribution in [-0.4, -0.2) is 79.6 Å². The molecular formula is C40H51ClFN5O7. The SMILES string of the molecule is COc1ccc(COC(=O)[C@@]2(C)CCCCC2C(=O)N2CCc3c(Cl)cc(F)c(OC/C(N)=C4\CCCN4N)c3C2CN2CC3(CC3)CC2=O)c(OC)c1. The maximum atomic E-state index is 16.1. The summed E-state index contributed by atoms with van der Waals surface area (Å²) in [5.41, 5.74) is 8.18. The third kappa shape index (κ3) is 7.16. The van der Waals surface area contributed by atoms with Gasteiger partial charge >= 0.3 is 5.97 Å². The van der Waals surface area contributed by atoms with Gasteiger partial charge < -0.3 is 39.5 Å². The van der Waals surface area contributed by atoms with Crippen LogP contribution in [-0.2, 0) is 32.1 Å². The number of esters is 1. The molecule has 5 aliphatic rings. The van der Waals surface area contributed by atoms with E-state index in [2.05, 4.69) is 0 Å². The lowest BCUT2D eigenvalue weighted by Gasteiger charge is -2.45. The van der Waals surface area contributed by atoms with E-state index in [1.54, 1.807) is 47.0 Å². The Morgan fingerprint density at radius 2 is 1.85 bits per heavy atom. The van der Waals surface area contributed by atoms with E-state index in [4.69, 9.17) is 42.1 Å². The predicted molar refractivity (Wildman–Crippen MR) is 199 cm³/mol. The normalized spacial score (nSPS) is 25.4. The molecule has 2 aliphatic carbocycles. The van der Waals surface area contributed by atoms with E-state index in [0.717, 1.165) is 37.8 Å². The first-order valence-electron chi connectivity index (χ1n) is 19.0.